The maximum absolute atomic E-state index is 5.19. The third kappa shape index (κ3) is 5.93. The number of nitrogens with zero attached hydrogens (tertiary/aromatic N) is 2. The van der Waals surface area contributed by atoms with E-state index in [1.807, 2.05) is 36.0 Å². The first-order valence-electron chi connectivity index (χ1n) is 8.06. The smallest absolute Gasteiger partial charge is 0.191 e. The van der Waals surface area contributed by atoms with Crippen molar-refractivity contribution in [2.45, 2.75) is 25.1 Å². The predicted octanol–water partition coefficient (Wildman–Crippen LogP) is 3.63. The van der Waals surface area contributed by atoms with Gasteiger partial charge in [0.2, 0.25) is 0 Å². The number of ether oxygens (including phenoxy) is 1. The van der Waals surface area contributed by atoms with Crippen LogP contribution in [-0.4, -0.2) is 42.6 Å². The van der Waals surface area contributed by atoms with E-state index in [4.69, 9.17) is 9.72 Å². The molecule has 2 aromatic rings. The van der Waals surface area contributed by atoms with Gasteiger partial charge in [-0.25, -0.2) is 4.98 Å². The van der Waals surface area contributed by atoms with Crippen LogP contribution in [-0.2, 0) is 6.54 Å². The van der Waals surface area contributed by atoms with Crippen LogP contribution in [0.1, 0.15) is 19.5 Å². The Balaban J connectivity index is 1.91. The second-order valence-electron chi connectivity index (χ2n) is 6.12. The third-order valence-corrected chi connectivity index (χ3v) is 5.97. The van der Waals surface area contributed by atoms with Crippen LogP contribution in [0, 0.1) is 0 Å². The highest BCUT2D eigenvalue weighted by Gasteiger charge is 2.16. The summed E-state index contributed by atoms with van der Waals surface area (Å²) < 4.78 is 5.36. The van der Waals surface area contributed by atoms with Crippen molar-refractivity contribution in [1.29, 1.82) is 0 Å². The summed E-state index contributed by atoms with van der Waals surface area (Å²) in [4.78, 5) is 8.97. The van der Waals surface area contributed by atoms with Crippen molar-refractivity contribution in [2.75, 3.05) is 27.0 Å². The van der Waals surface area contributed by atoms with Gasteiger partial charge in [-0.1, -0.05) is 0 Å². The standard InChI is InChI=1S/C18H26N4OS2/c1-18(2,24-5)12-21-17(19-3)20-10-14-11-25-16(22-14)13-6-8-15(23-4)9-7-13/h6-9,11H,10,12H2,1-5H3,(H2,19,20,21). The maximum Gasteiger partial charge on any atom is 0.191 e. The predicted molar refractivity (Wildman–Crippen MR) is 110 cm³/mol. The molecule has 0 amide bonds. The van der Waals surface area contributed by atoms with Gasteiger partial charge in [0.1, 0.15) is 10.8 Å². The van der Waals surface area contributed by atoms with Crippen molar-refractivity contribution in [3.8, 4) is 16.3 Å². The number of hydrogen-bond donors (Lipinski definition) is 2. The molecule has 0 unspecified atom stereocenters. The SMILES string of the molecule is CN=C(NCc1csc(-c2ccc(OC)cc2)n1)NCC(C)(C)SC. The maximum atomic E-state index is 5.19. The summed E-state index contributed by atoms with van der Waals surface area (Å²) in [5, 5.41) is 9.76. The molecule has 0 aliphatic heterocycles. The molecule has 0 saturated carbocycles. The Morgan fingerprint density at radius 2 is 2.00 bits per heavy atom. The van der Waals surface area contributed by atoms with Gasteiger partial charge in [-0.15, -0.1) is 11.3 Å². The summed E-state index contributed by atoms with van der Waals surface area (Å²) in [7, 11) is 3.45. The molecule has 2 N–H and O–H groups in total. The van der Waals surface area contributed by atoms with E-state index in [1.54, 1.807) is 25.5 Å². The molecule has 0 atom stereocenters. The molecule has 5 nitrogen and oxygen atoms in total. The van der Waals surface area contributed by atoms with Gasteiger partial charge in [-0.3, -0.25) is 4.99 Å². The molecular formula is C18H26N4OS2. The zero-order chi connectivity index (χ0) is 18.3. The summed E-state index contributed by atoms with van der Waals surface area (Å²) in [5.74, 6) is 1.64. The van der Waals surface area contributed by atoms with Gasteiger partial charge in [0, 0.05) is 29.3 Å². The molecule has 0 aliphatic rings. The minimum atomic E-state index is 0.166. The highest BCUT2D eigenvalue weighted by Crippen LogP contribution is 2.25. The summed E-state index contributed by atoms with van der Waals surface area (Å²) >= 11 is 3.47. The van der Waals surface area contributed by atoms with Crippen molar-refractivity contribution < 1.29 is 4.74 Å². The Morgan fingerprint density at radius 3 is 2.60 bits per heavy atom. The summed E-state index contributed by atoms with van der Waals surface area (Å²) in [6.07, 6.45) is 2.12. The molecule has 0 bridgehead atoms. The largest absolute Gasteiger partial charge is 0.497 e. The molecule has 0 aliphatic carbocycles. The van der Waals surface area contributed by atoms with E-state index in [1.165, 1.54) is 0 Å². The lowest BCUT2D eigenvalue weighted by molar-refractivity contribution is 0.415. The van der Waals surface area contributed by atoms with E-state index in [2.05, 4.69) is 41.1 Å². The van der Waals surface area contributed by atoms with Gasteiger partial charge in [0.05, 0.1) is 19.3 Å². The van der Waals surface area contributed by atoms with Crippen molar-refractivity contribution >= 4 is 29.1 Å². The molecule has 25 heavy (non-hydrogen) atoms. The van der Waals surface area contributed by atoms with Crippen LogP contribution in [0.25, 0.3) is 10.6 Å². The second kappa shape index (κ2) is 9.10. The first kappa shape index (κ1) is 19.6. The number of hydrogen-bond acceptors (Lipinski definition) is 5. The number of aliphatic imine (C=N–C) groups is 1. The summed E-state index contributed by atoms with van der Waals surface area (Å²) in [6.45, 7) is 5.91. The lowest BCUT2D eigenvalue weighted by atomic mass is 10.2. The molecular weight excluding hydrogens is 352 g/mol. The Morgan fingerprint density at radius 1 is 1.28 bits per heavy atom. The number of thiazole rings is 1. The number of rotatable bonds is 7. The van der Waals surface area contributed by atoms with Gasteiger partial charge < -0.3 is 15.4 Å². The summed E-state index contributed by atoms with van der Waals surface area (Å²) in [5.41, 5.74) is 2.10. The number of guanidine groups is 1. The summed E-state index contributed by atoms with van der Waals surface area (Å²) in [6, 6.07) is 7.96. The Kier molecular flexibility index (Phi) is 7.13. The fourth-order valence-electron chi connectivity index (χ4n) is 2.02. The van der Waals surface area contributed by atoms with Crippen LogP contribution >= 0.6 is 23.1 Å². The van der Waals surface area contributed by atoms with Crippen molar-refractivity contribution in [3.63, 3.8) is 0 Å². The number of thioether (sulfide) groups is 1. The molecule has 1 aromatic heterocycles. The third-order valence-electron chi connectivity index (χ3n) is 3.78. The Labute approximate surface area is 158 Å². The molecule has 0 spiro atoms. The zero-order valence-electron chi connectivity index (χ0n) is 15.4. The number of benzene rings is 1. The van der Waals surface area contributed by atoms with Gasteiger partial charge in [0.25, 0.3) is 0 Å². The first-order valence-corrected chi connectivity index (χ1v) is 10.2. The molecule has 0 radical (unpaired) electrons. The van der Waals surface area contributed by atoms with Gasteiger partial charge >= 0.3 is 0 Å². The Hall–Kier alpha value is -1.73. The van der Waals surface area contributed by atoms with Gasteiger partial charge in [-0.2, -0.15) is 11.8 Å². The first-order chi connectivity index (χ1) is 12.0. The van der Waals surface area contributed by atoms with E-state index >= 15 is 0 Å². The normalized spacial score (nSPS) is 12.1. The molecule has 0 saturated heterocycles. The highest BCUT2D eigenvalue weighted by atomic mass is 32.2. The van der Waals surface area contributed by atoms with Crippen molar-refractivity contribution in [1.82, 2.24) is 15.6 Å². The average molecular weight is 379 g/mol. The van der Waals surface area contributed by atoms with E-state index in [0.717, 1.165) is 34.5 Å². The molecule has 0 fully saturated rings. The molecule has 1 aromatic carbocycles. The van der Waals surface area contributed by atoms with Crippen LogP contribution in [0.15, 0.2) is 34.6 Å². The van der Waals surface area contributed by atoms with Crippen LogP contribution in [0.4, 0.5) is 0 Å². The van der Waals surface area contributed by atoms with Crippen LogP contribution < -0.4 is 15.4 Å². The van der Waals surface area contributed by atoms with E-state index in [-0.39, 0.29) is 4.75 Å². The van der Waals surface area contributed by atoms with E-state index in [0.29, 0.717) is 6.54 Å². The molecule has 136 valence electrons. The van der Waals surface area contributed by atoms with Gasteiger partial charge in [-0.05, 0) is 44.4 Å². The molecule has 7 heteroatoms. The van der Waals surface area contributed by atoms with Gasteiger partial charge in [0.15, 0.2) is 5.96 Å². The monoisotopic (exact) mass is 378 g/mol. The molecule has 2 rings (SSSR count). The number of methoxy groups -OCH3 is 1. The average Bonchev–Trinajstić information content (AvgIpc) is 3.11. The van der Waals surface area contributed by atoms with Crippen LogP contribution in [0.2, 0.25) is 0 Å². The lowest BCUT2D eigenvalue weighted by Gasteiger charge is -2.23. The lowest BCUT2D eigenvalue weighted by Crippen LogP contribution is -2.43. The topological polar surface area (TPSA) is 58.5 Å². The fourth-order valence-corrected chi connectivity index (χ4v) is 3.06. The minimum Gasteiger partial charge on any atom is -0.497 e. The number of nitrogens with one attached hydrogen (secondary N) is 2. The fraction of sp³-hybridized carbons (Fsp3) is 0.444. The minimum absolute atomic E-state index is 0.166. The van der Waals surface area contributed by atoms with E-state index in [9.17, 15) is 0 Å². The van der Waals surface area contributed by atoms with Crippen molar-refractivity contribution in [2.24, 2.45) is 4.99 Å². The van der Waals surface area contributed by atoms with Crippen molar-refractivity contribution in [3.05, 3.63) is 35.3 Å². The second-order valence-corrected chi connectivity index (χ2v) is 8.49. The molecule has 1 heterocycles. The highest BCUT2D eigenvalue weighted by molar-refractivity contribution is 7.99. The van der Waals surface area contributed by atoms with Crippen LogP contribution in [0.5, 0.6) is 5.75 Å². The Bertz CT molecular complexity index is 695. The number of aromatic nitrogens is 1. The van der Waals surface area contributed by atoms with E-state index < -0.39 is 0 Å². The quantitative estimate of drug-likeness (QED) is 0.569. The zero-order valence-corrected chi connectivity index (χ0v) is 17.1. The van der Waals surface area contributed by atoms with Crippen LogP contribution in [0.3, 0.4) is 0 Å².